The third-order valence-corrected chi connectivity index (χ3v) is 3.97. The van der Waals surface area contributed by atoms with Gasteiger partial charge in [0, 0.05) is 0 Å². The molecule has 0 spiro atoms. The van der Waals surface area contributed by atoms with Crippen LogP contribution in [0, 0.1) is 5.92 Å². The van der Waals surface area contributed by atoms with Crippen LogP contribution in [0.2, 0.25) is 6.04 Å². The fraction of sp³-hybridized carbons (Fsp3) is 0.625. The van der Waals surface area contributed by atoms with Crippen molar-refractivity contribution in [1.29, 1.82) is 0 Å². The van der Waals surface area contributed by atoms with E-state index in [1.54, 1.807) is 6.92 Å². The molecule has 0 aromatic carbocycles. The molecule has 1 aliphatic heterocycles. The molecule has 82 valence electrons. The van der Waals surface area contributed by atoms with Gasteiger partial charge in [-0.3, -0.25) is 0 Å². The maximum atomic E-state index is 9.94. The van der Waals surface area contributed by atoms with Crippen LogP contribution in [0.1, 0.15) is 20.8 Å². The maximum absolute atomic E-state index is 9.94. The molecule has 0 N–H and O–H groups in total. The molecule has 0 radical (unpaired) electrons. The minimum absolute atomic E-state index is 0.199. The number of carbonyl (C=O) groups is 1. The number of rotatable bonds is 2. The lowest BCUT2D eigenvalue weighted by Crippen LogP contribution is -2.11. The average Bonchev–Trinajstić information content (AvgIpc) is 1.97. The zero-order chi connectivity index (χ0) is 11.4. The Hall–Kier alpha value is 0.297. The van der Waals surface area contributed by atoms with Gasteiger partial charge in [-0.25, -0.2) is 4.79 Å². The van der Waals surface area contributed by atoms with Crippen molar-refractivity contribution in [1.82, 2.24) is 0 Å². The molecule has 0 bridgehead atoms. The quantitative estimate of drug-likeness (QED) is 0.436. The second-order valence-corrected chi connectivity index (χ2v) is 12.6. The second kappa shape index (κ2) is 6.01. The number of halogens is 3. The van der Waals surface area contributed by atoms with Gasteiger partial charge in [-0.1, -0.05) is 13.8 Å². The minimum atomic E-state index is -2.30. The van der Waals surface area contributed by atoms with Crippen molar-refractivity contribution in [3.8, 4) is 0 Å². The highest BCUT2D eigenvalue weighted by atomic mass is 35.8. The Balaban J connectivity index is 0.000000249. The summed E-state index contributed by atoms with van der Waals surface area (Å²) in [6, 6.07) is -1.54. The third-order valence-electron chi connectivity index (χ3n) is 1.30. The van der Waals surface area contributed by atoms with E-state index in [1.165, 1.54) is 6.26 Å². The Morgan fingerprint density at radius 3 is 1.86 bits per heavy atom. The number of ether oxygens (including phenoxy) is 1. The molecule has 6 heteroatoms. The van der Waals surface area contributed by atoms with Gasteiger partial charge in [0.1, 0.15) is 6.26 Å². The van der Waals surface area contributed by atoms with Crippen molar-refractivity contribution < 1.29 is 9.53 Å². The first-order valence-corrected chi connectivity index (χ1v) is 9.41. The lowest BCUT2D eigenvalue weighted by molar-refractivity contribution is -0.138. The van der Waals surface area contributed by atoms with Crippen LogP contribution in [-0.2, 0) is 9.53 Å². The van der Waals surface area contributed by atoms with Crippen molar-refractivity contribution in [2.45, 2.75) is 26.8 Å². The molecule has 1 aliphatic rings. The fourth-order valence-corrected chi connectivity index (χ4v) is 4.39. The predicted molar refractivity (Wildman–Crippen MR) is 62.8 cm³/mol. The van der Waals surface area contributed by atoms with Crippen LogP contribution in [0.5, 0.6) is 0 Å². The molecule has 0 aromatic rings. The molecule has 0 atom stereocenters. The van der Waals surface area contributed by atoms with Crippen LogP contribution >= 0.6 is 33.2 Å². The van der Waals surface area contributed by atoms with Gasteiger partial charge in [0.25, 0.3) is 0 Å². The Morgan fingerprint density at radius 1 is 1.43 bits per heavy atom. The van der Waals surface area contributed by atoms with Gasteiger partial charge in [0.05, 0.1) is 5.57 Å². The summed E-state index contributed by atoms with van der Waals surface area (Å²) < 4.78 is 4.24. The maximum Gasteiger partial charge on any atom is 0.341 e. The standard InChI is InChI=1S/C4H9Cl3Si.C4H4O2/c1-4(2)3-8(5,6)7;1-3-2-6-4(3)5/h4H,3H2,1-2H3;2H,1H3. The van der Waals surface area contributed by atoms with E-state index < -0.39 is 6.00 Å². The van der Waals surface area contributed by atoms with Crippen LogP contribution in [-0.4, -0.2) is 12.0 Å². The lowest BCUT2D eigenvalue weighted by atomic mass is 10.3. The monoisotopic (exact) mass is 274 g/mol. The fourth-order valence-electron chi connectivity index (χ4n) is 0.688. The first-order valence-electron chi connectivity index (χ1n) is 4.17. The first-order chi connectivity index (χ1) is 6.22. The highest BCUT2D eigenvalue weighted by Gasteiger charge is 2.25. The van der Waals surface area contributed by atoms with Crippen LogP contribution < -0.4 is 0 Å². The van der Waals surface area contributed by atoms with Gasteiger partial charge in [-0.05, 0) is 18.9 Å². The van der Waals surface area contributed by atoms with Crippen molar-refractivity contribution in [2.75, 3.05) is 0 Å². The summed E-state index contributed by atoms with van der Waals surface area (Å²) >= 11 is 16.8. The Kier molecular flexibility index (Phi) is 6.13. The summed E-state index contributed by atoms with van der Waals surface area (Å²) in [5, 5.41) is 0. The molecular weight excluding hydrogens is 263 g/mol. The van der Waals surface area contributed by atoms with Gasteiger partial charge in [-0.2, -0.15) is 0 Å². The molecule has 0 saturated heterocycles. The minimum Gasteiger partial charge on any atom is -0.430 e. The summed E-state index contributed by atoms with van der Waals surface area (Å²) in [5.41, 5.74) is 0.704. The summed E-state index contributed by atoms with van der Waals surface area (Å²) in [4.78, 5) is 9.94. The lowest BCUT2D eigenvalue weighted by Gasteiger charge is -2.08. The molecule has 14 heavy (non-hydrogen) atoms. The number of hydrogen-bond donors (Lipinski definition) is 0. The summed E-state index contributed by atoms with van der Waals surface area (Å²) in [6.45, 7) is 5.82. The van der Waals surface area contributed by atoms with E-state index in [0.717, 1.165) is 6.04 Å². The van der Waals surface area contributed by atoms with Crippen LogP contribution in [0.4, 0.5) is 0 Å². The Morgan fingerprint density at radius 2 is 1.86 bits per heavy atom. The van der Waals surface area contributed by atoms with E-state index in [-0.39, 0.29) is 5.97 Å². The van der Waals surface area contributed by atoms with Gasteiger partial charge < -0.3 is 4.74 Å². The van der Waals surface area contributed by atoms with Crippen molar-refractivity contribution in [2.24, 2.45) is 5.92 Å². The molecule has 1 rings (SSSR count). The van der Waals surface area contributed by atoms with Crippen LogP contribution in [0.15, 0.2) is 11.8 Å². The van der Waals surface area contributed by atoms with E-state index in [4.69, 9.17) is 33.2 Å². The molecule has 0 saturated carbocycles. The van der Waals surface area contributed by atoms with Gasteiger partial charge in [0.2, 0.25) is 0 Å². The van der Waals surface area contributed by atoms with E-state index in [9.17, 15) is 4.79 Å². The van der Waals surface area contributed by atoms with Gasteiger partial charge in [-0.15, -0.1) is 33.2 Å². The summed E-state index contributed by atoms with van der Waals surface area (Å²) in [5.74, 6) is 0.309. The molecule has 0 aliphatic carbocycles. The number of carbonyl (C=O) groups excluding carboxylic acids is 1. The first kappa shape index (κ1) is 14.3. The van der Waals surface area contributed by atoms with E-state index in [2.05, 4.69) is 18.6 Å². The number of esters is 1. The molecule has 2 nitrogen and oxygen atoms in total. The SMILES string of the molecule is CC(C)C[Si](Cl)(Cl)Cl.CC1=COC1=O. The van der Waals surface area contributed by atoms with E-state index in [1.807, 2.05) is 0 Å². The molecule has 0 unspecified atom stereocenters. The van der Waals surface area contributed by atoms with Crippen molar-refractivity contribution in [3.63, 3.8) is 0 Å². The average molecular weight is 276 g/mol. The molecule has 0 fully saturated rings. The largest absolute Gasteiger partial charge is 0.430 e. The Bertz CT molecular complexity index is 233. The van der Waals surface area contributed by atoms with E-state index in [0.29, 0.717) is 11.5 Å². The summed E-state index contributed by atoms with van der Waals surface area (Å²) in [7, 11) is 0. The highest BCUT2D eigenvalue weighted by Crippen LogP contribution is 2.28. The third kappa shape index (κ3) is 7.68. The van der Waals surface area contributed by atoms with Crippen LogP contribution in [0.25, 0.3) is 0 Å². The molecule has 0 amide bonds. The molecular formula is C8H13Cl3O2Si. The number of hydrogen-bond acceptors (Lipinski definition) is 2. The molecule has 0 aromatic heterocycles. The predicted octanol–water partition coefficient (Wildman–Crippen LogP) is 3.74. The highest BCUT2D eigenvalue weighted by molar-refractivity contribution is 7.64. The Labute approximate surface area is 99.3 Å². The van der Waals surface area contributed by atoms with Crippen molar-refractivity contribution >= 4 is 45.2 Å². The van der Waals surface area contributed by atoms with E-state index >= 15 is 0 Å². The number of cyclic esters (lactones) is 1. The topological polar surface area (TPSA) is 26.3 Å². The van der Waals surface area contributed by atoms with Gasteiger partial charge in [0.15, 0.2) is 0 Å². The summed E-state index contributed by atoms with van der Waals surface area (Å²) in [6.07, 6.45) is 1.43. The molecule has 1 heterocycles. The second-order valence-electron chi connectivity index (χ2n) is 3.42. The van der Waals surface area contributed by atoms with Crippen LogP contribution in [0.3, 0.4) is 0 Å². The smallest absolute Gasteiger partial charge is 0.341 e. The van der Waals surface area contributed by atoms with Gasteiger partial charge >= 0.3 is 12.0 Å². The van der Waals surface area contributed by atoms with Crippen molar-refractivity contribution in [3.05, 3.63) is 11.8 Å². The zero-order valence-electron chi connectivity index (χ0n) is 8.31. The normalized spacial score (nSPS) is 15.1. The zero-order valence-corrected chi connectivity index (χ0v) is 11.6.